The van der Waals surface area contributed by atoms with Crippen molar-refractivity contribution in [2.24, 2.45) is 0 Å². The van der Waals surface area contributed by atoms with Crippen molar-refractivity contribution in [3.8, 4) is 0 Å². The highest BCUT2D eigenvalue weighted by Crippen LogP contribution is 2.27. The summed E-state index contributed by atoms with van der Waals surface area (Å²) < 4.78 is 1.49. The third-order valence-corrected chi connectivity index (χ3v) is 2.93. The third kappa shape index (κ3) is 2.08. The molecule has 2 rings (SSSR count). The van der Waals surface area contributed by atoms with Gasteiger partial charge in [-0.3, -0.25) is 5.10 Å². The molecule has 0 saturated carbocycles. The van der Waals surface area contributed by atoms with Crippen LogP contribution in [0.5, 0.6) is 0 Å². The highest BCUT2D eigenvalue weighted by molar-refractivity contribution is 7.80. The van der Waals surface area contributed by atoms with Gasteiger partial charge < -0.3 is 10.1 Å². The molecule has 96 valence electrons. The first kappa shape index (κ1) is 12.6. The Hall–Kier alpha value is -1.90. The molecule has 0 saturated heterocycles. The van der Waals surface area contributed by atoms with Crippen molar-refractivity contribution in [3.05, 3.63) is 33.8 Å². The molecule has 18 heavy (non-hydrogen) atoms. The molecule has 0 fully saturated rings. The van der Waals surface area contributed by atoms with Gasteiger partial charge in [0.15, 0.2) is 5.82 Å². The number of nitrogens with zero attached hydrogens (tertiary/aromatic N) is 5. The molecule has 2 heterocycles. The first-order chi connectivity index (χ1) is 8.54. The number of aryl methyl sites for hydroxylation is 1. The molecule has 0 aliphatic heterocycles. The highest BCUT2D eigenvalue weighted by atomic mass is 32.1. The molecule has 0 aliphatic carbocycles. The van der Waals surface area contributed by atoms with Gasteiger partial charge in [0, 0.05) is 0 Å². The van der Waals surface area contributed by atoms with Gasteiger partial charge in [0.1, 0.15) is 17.3 Å². The van der Waals surface area contributed by atoms with Crippen molar-refractivity contribution in [2.45, 2.75) is 25.6 Å². The number of hydrogen-bond donors (Lipinski definition) is 2. The maximum atomic E-state index is 10.8. The van der Waals surface area contributed by atoms with Crippen molar-refractivity contribution in [3.63, 3.8) is 0 Å². The first-order valence-corrected chi connectivity index (χ1v) is 5.83. The maximum absolute atomic E-state index is 10.8. The lowest BCUT2D eigenvalue weighted by Crippen LogP contribution is -2.09. The standard InChI is InChI=1S/C9H12N6O2S/c1-3-14-6(15(16)17)4-10-9(14)7(18)8-11-5(2)12-13-8/h4,7,18H,3H2,1-2H3,(H,11,12,13). The zero-order valence-electron chi connectivity index (χ0n) is 9.86. The lowest BCUT2D eigenvalue weighted by atomic mass is 10.3. The minimum Gasteiger partial charge on any atom is -0.358 e. The predicted molar refractivity (Wildman–Crippen MR) is 66.5 cm³/mol. The van der Waals surface area contributed by atoms with Crippen LogP contribution in [0.15, 0.2) is 6.20 Å². The van der Waals surface area contributed by atoms with Crippen molar-refractivity contribution >= 4 is 18.4 Å². The molecule has 2 aromatic rings. The monoisotopic (exact) mass is 268 g/mol. The Balaban J connectivity index is 2.42. The van der Waals surface area contributed by atoms with E-state index in [-0.39, 0.29) is 5.82 Å². The topological polar surface area (TPSA) is 103 Å². The van der Waals surface area contributed by atoms with Crippen molar-refractivity contribution in [1.29, 1.82) is 0 Å². The molecule has 0 amide bonds. The summed E-state index contributed by atoms with van der Waals surface area (Å²) in [5.74, 6) is 1.52. The average Bonchev–Trinajstić information content (AvgIpc) is 2.93. The molecule has 8 nitrogen and oxygen atoms in total. The molecule has 2 aromatic heterocycles. The summed E-state index contributed by atoms with van der Waals surface area (Å²) in [5.41, 5.74) is 0. The summed E-state index contributed by atoms with van der Waals surface area (Å²) in [6.45, 7) is 4.01. The lowest BCUT2D eigenvalue weighted by molar-refractivity contribution is -0.392. The normalized spacial score (nSPS) is 12.6. The van der Waals surface area contributed by atoms with E-state index in [1.165, 1.54) is 10.8 Å². The Morgan fingerprint density at radius 1 is 1.67 bits per heavy atom. The average molecular weight is 268 g/mol. The van der Waals surface area contributed by atoms with Gasteiger partial charge in [-0.1, -0.05) is 0 Å². The Morgan fingerprint density at radius 2 is 2.39 bits per heavy atom. The summed E-state index contributed by atoms with van der Waals surface area (Å²) in [6, 6.07) is 0. The van der Waals surface area contributed by atoms with E-state index < -0.39 is 10.2 Å². The molecule has 0 radical (unpaired) electrons. The van der Waals surface area contributed by atoms with Crippen LogP contribution in [0.25, 0.3) is 0 Å². The number of nitro groups is 1. The molecular weight excluding hydrogens is 256 g/mol. The van der Waals surface area contributed by atoms with E-state index in [1.54, 1.807) is 6.92 Å². The van der Waals surface area contributed by atoms with Gasteiger partial charge in [0.25, 0.3) is 0 Å². The summed E-state index contributed by atoms with van der Waals surface area (Å²) in [5, 5.41) is 17.0. The number of nitrogens with one attached hydrogen (secondary N) is 1. The lowest BCUT2D eigenvalue weighted by Gasteiger charge is -2.05. The third-order valence-electron chi connectivity index (χ3n) is 2.47. The molecule has 1 N–H and O–H groups in total. The Morgan fingerprint density at radius 3 is 2.89 bits per heavy atom. The van der Waals surface area contributed by atoms with Crippen molar-refractivity contribution in [1.82, 2.24) is 24.7 Å². The van der Waals surface area contributed by atoms with Gasteiger partial charge in [0.05, 0.1) is 6.54 Å². The second-order valence-electron chi connectivity index (χ2n) is 3.66. The van der Waals surface area contributed by atoms with Crippen molar-refractivity contribution < 1.29 is 4.92 Å². The van der Waals surface area contributed by atoms with Crippen LogP contribution in [-0.4, -0.2) is 29.7 Å². The van der Waals surface area contributed by atoms with Gasteiger partial charge in [-0.25, -0.2) is 14.5 Å². The summed E-state index contributed by atoms with van der Waals surface area (Å²) >= 11 is 4.38. The quantitative estimate of drug-likeness (QED) is 0.493. The fraction of sp³-hybridized carbons (Fsp3) is 0.444. The number of imidazole rings is 1. The molecule has 0 aliphatic rings. The van der Waals surface area contributed by atoms with Crippen molar-refractivity contribution in [2.75, 3.05) is 0 Å². The van der Waals surface area contributed by atoms with Gasteiger partial charge in [-0.15, -0.1) is 0 Å². The van der Waals surface area contributed by atoms with Crippen LogP contribution in [0, 0.1) is 17.0 Å². The Kier molecular flexibility index (Phi) is 3.32. The largest absolute Gasteiger partial charge is 0.358 e. The summed E-state index contributed by atoms with van der Waals surface area (Å²) in [7, 11) is 0. The summed E-state index contributed by atoms with van der Waals surface area (Å²) in [4.78, 5) is 18.6. The molecule has 1 atom stereocenters. The number of aromatic amines is 1. The van der Waals surface area contributed by atoms with Gasteiger partial charge in [-0.2, -0.15) is 17.7 Å². The molecule has 0 bridgehead atoms. The fourth-order valence-electron chi connectivity index (χ4n) is 1.67. The van der Waals surface area contributed by atoms with Crippen LogP contribution >= 0.6 is 12.6 Å². The minimum absolute atomic E-state index is 0.0567. The van der Waals surface area contributed by atoms with Crippen LogP contribution in [0.3, 0.4) is 0 Å². The van der Waals surface area contributed by atoms with Gasteiger partial charge in [0.2, 0.25) is 5.82 Å². The van der Waals surface area contributed by atoms with Crippen LogP contribution in [-0.2, 0) is 6.54 Å². The van der Waals surface area contributed by atoms with Crippen LogP contribution < -0.4 is 0 Å². The molecule has 0 spiro atoms. The number of rotatable bonds is 4. The van der Waals surface area contributed by atoms with Crippen LogP contribution in [0.1, 0.15) is 29.6 Å². The van der Waals surface area contributed by atoms with E-state index >= 15 is 0 Å². The Labute approximate surface area is 108 Å². The SMILES string of the molecule is CCn1c([N+](=O)[O-])cnc1C(S)c1n[nH]c(C)n1. The molecule has 9 heteroatoms. The van der Waals surface area contributed by atoms with Gasteiger partial charge in [-0.05, 0) is 18.8 Å². The van der Waals surface area contributed by atoms with Crippen LogP contribution in [0.4, 0.5) is 5.82 Å². The van der Waals surface area contributed by atoms with Gasteiger partial charge >= 0.3 is 5.82 Å². The first-order valence-electron chi connectivity index (χ1n) is 5.31. The Bertz CT molecular complexity index is 577. The highest BCUT2D eigenvalue weighted by Gasteiger charge is 2.27. The smallest absolute Gasteiger partial charge is 0.342 e. The van der Waals surface area contributed by atoms with E-state index in [4.69, 9.17) is 0 Å². The van der Waals surface area contributed by atoms with E-state index in [2.05, 4.69) is 32.8 Å². The second kappa shape index (κ2) is 4.77. The number of H-pyrrole nitrogens is 1. The molecule has 0 aromatic carbocycles. The molecule has 1 unspecified atom stereocenters. The number of thiol groups is 1. The van der Waals surface area contributed by atoms with E-state index in [0.717, 1.165) is 0 Å². The zero-order chi connectivity index (χ0) is 13.3. The zero-order valence-corrected chi connectivity index (χ0v) is 10.8. The second-order valence-corrected chi connectivity index (χ2v) is 4.17. The minimum atomic E-state index is -0.497. The summed E-state index contributed by atoms with van der Waals surface area (Å²) in [6.07, 6.45) is 1.22. The number of hydrogen-bond acceptors (Lipinski definition) is 6. The predicted octanol–water partition coefficient (Wildman–Crippen LogP) is 1.26. The maximum Gasteiger partial charge on any atom is 0.342 e. The van der Waals surface area contributed by atoms with Crippen LogP contribution in [0.2, 0.25) is 0 Å². The number of aromatic nitrogens is 5. The fourth-order valence-corrected chi connectivity index (χ4v) is 1.99. The van der Waals surface area contributed by atoms with E-state index in [1.807, 2.05) is 6.92 Å². The molecular formula is C9H12N6O2S. The van der Waals surface area contributed by atoms with E-state index in [9.17, 15) is 10.1 Å². The van der Waals surface area contributed by atoms with E-state index in [0.29, 0.717) is 24.0 Å².